The standard InChI is InChI=1S/C23H27F3N2O4/c1-3-4-19(15-5-7-17(8-6-15)22(31)28-14-13-20(29)30)21(27-2)16-9-11-18(12-10-16)32-23(24,25)26/h5-12,19,21,27H,3-4,13-14H2,1-2H3,(H,28,31)(H,29,30)/t19-,21+/m0/s1. The van der Waals surface area contributed by atoms with Crippen molar-refractivity contribution in [3.8, 4) is 5.75 Å². The van der Waals surface area contributed by atoms with Crippen molar-refractivity contribution in [2.24, 2.45) is 0 Å². The van der Waals surface area contributed by atoms with Crippen LogP contribution in [0.2, 0.25) is 0 Å². The molecule has 174 valence electrons. The van der Waals surface area contributed by atoms with Crippen molar-refractivity contribution >= 4 is 11.9 Å². The molecule has 0 aliphatic heterocycles. The van der Waals surface area contributed by atoms with Crippen LogP contribution in [0.4, 0.5) is 13.2 Å². The summed E-state index contributed by atoms with van der Waals surface area (Å²) in [5.41, 5.74) is 2.21. The van der Waals surface area contributed by atoms with Crippen molar-refractivity contribution in [1.82, 2.24) is 10.6 Å². The fraction of sp³-hybridized carbons (Fsp3) is 0.391. The topological polar surface area (TPSA) is 87.7 Å². The highest BCUT2D eigenvalue weighted by Gasteiger charge is 2.31. The van der Waals surface area contributed by atoms with Crippen LogP contribution in [0, 0.1) is 0 Å². The van der Waals surface area contributed by atoms with Gasteiger partial charge >= 0.3 is 12.3 Å². The maximum absolute atomic E-state index is 12.4. The molecule has 6 nitrogen and oxygen atoms in total. The van der Waals surface area contributed by atoms with E-state index in [1.165, 1.54) is 12.1 Å². The minimum absolute atomic E-state index is 0.0171. The zero-order valence-electron chi connectivity index (χ0n) is 17.9. The predicted molar refractivity (Wildman–Crippen MR) is 114 cm³/mol. The van der Waals surface area contributed by atoms with Gasteiger partial charge in [0.2, 0.25) is 0 Å². The Kier molecular flexibility index (Phi) is 9.07. The van der Waals surface area contributed by atoms with Crippen LogP contribution in [0.5, 0.6) is 5.75 Å². The van der Waals surface area contributed by atoms with Crippen molar-refractivity contribution in [3.05, 3.63) is 65.2 Å². The molecule has 0 aromatic heterocycles. The summed E-state index contributed by atoms with van der Waals surface area (Å²) in [7, 11) is 1.79. The average Bonchev–Trinajstić information content (AvgIpc) is 2.73. The first-order valence-electron chi connectivity index (χ1n) is 10.3. The van der Waals surface area contributed by atoms with Gasteiger partial charge in [-0.15, -0.1) is 13.2 Å². The second-order valence-electron chi connectivity index (χ2n) is 7.30. The molecule has 0 radical (unpaired) electrons. The summed E-state index contributed by atoms with van der Waals surface area (Å²) in [5, 5.41) is 14.5. The van der Waals surface area contributed by atoms with Crippen LogP contribution in [0.1, 0.15) is 59.6 Å². The maximum Gasteiger partial charge on any atom is 0.573 e. The van der Waals surface area contributed by atoms with Crippen LogP contribution in [0.15, 0.2) is 48.5 Å². The smallest absolute Gasteiger partial charge is 0.481 e. The number of rotatable bonds is 11. The number of carbonyl (C=O) groups excluding carboxylic acids is 1. The van der Waals surface area contributed by atoms with Gasteiger partial charge in [0.15, 0.2) is 0 Å². The van der Waals surface area contributed by atoms with Crippen molar-refractivity contribution in [3.63, 3.8) is 0 Å². The molecule has 0 fully saturated rings. The predicted octanol–water partition coefficient (Wildman–Crippen LogP) is 4.63. The van der Waals surface area contributed by atoms with E-state index in [1.54, 1.807) is 31.3 Å². The van der Waals surface area contributed by atoms with Crippen molar-refractivity contribution in [1.29, 1.82) is 0 Å². The van der Waals surface area contributed by atoms with Crippen LogP contribution in [-0.4, -0.2) is 36.9 Å². The Labute approximate surface area is 184 Å². The molecule has 0 bridgehead atoms. The Bertz CT molecular complexity index is 884. The first-order chi connectivity index (χ1) is 15.1. The first-order valence-corrected chi connectivity index (χ1v) is 10.3. The van der Waals surface area contributed by atoms with E-state index >= 15 is 0 Å². The largest absolute Gasteiger partial charge is 0.573 e. The number of hydrogen-bond acceptors (Lipinski definition) is 4. The molecule has 0 saturated heterocycles. The lowest BCUT2D eigenvalue weighted by molar-refractivity contribution is -0.274. The highest BCUT2D eigenvalue weighted by atomic mass is 19.4. The molecule has 0 heterocycles. The molecule has 1 amide bonds. The molecule has 32 heavy (non-hydrogen) atoms. The summed E-state index contributed by atoms with van der Waals surface area (Å²) in [4.78, 5) is 22.7. The van der Waals surface area contributed by atoms with Crippen LogP contribution in [0.25, 0.3) is 0 Å². The molecule has 0 aliphatic carbocycles. The third kappa shape index (κ3) is 7.56. The Morgan fingerprint density at radius 3 is 2.12 bits per heavy atom. The van der Waals surface area contributed by atoms with Crippen LogP contribution >= 0.6 is 0 Å². The lowest BCUT2D eigenvalue weighted by Crippen LogP contribution is -2.26. The number of carbonyl (C=O) groups is 2. The van der Waals surface area contributed by atoms with Gasteiger partial charge in [-0.1, -0.05) is 37.6 Å². The molecule has 2 rings (SSSR count). The van der Waals surface area contributed by atoms with E-state index in [9.17, 15) is 22.8 Å². The lowest BCUT2D eigenvalue weighted by atomic mass is 9.83. The second-order valence-corrected chi connectivity index (χ2v) is 7.30. The number of amides is 1. The highest BCUT2D eigenvalue weighted by molar-refractivity contribution is 5.94. The fourth-order valence-electron chi connectivity index (χ4n) is 3.58. The van der Waals surface area contributed by atoms with Crippen LogP contribution in [-0.2, 0) is 4.79 Å². The van der Waals surface area contributed by atoms with Gasteiger partial charge in [0, 0.05) is 24.1 Å². The number of ether oxygens (including phenoxy) is 1. The molecular weight excluding hydrogens is 425 g/mol. The summed E-state index contributed by atoms with van der Waals surface area (Å²) in [6.07, 6.45) is -3.19. The quantitative estimate of drug-likeness (QED) is 0.463. The summed E-state index contributed by atoms with van der Waals surface area (Å²) in [5.74, 6) is -1.60. The Morgan fingerprint density at radius 2 is 1.62 bits per heavy atom. The monoisotopic (exact) mass is 452 g/mol. The summed E-state index contributed by atoms with van der Waals surface area (Å²) in [6.45, 7) is 2.09. The van der Waals surface area contributed by atoms with Crippen LogP contribution < -0.4 is 15.4 Å². The highest BCUT2D eigenvalue weighted by Crippen LogP contribution is 2.35. The number of aliphatic carboxylic acids is 1. The van der Waals surface area contributed by atoms with Gasteiger partial charge in [-0.3, -0.25) is 9.59 Å². The van der Waals surface area contributed by atoms with Crippen molar-refractivity contribution in [2.75, 3.05) is 13.6 Å². The van der Waals surface area contributed by atoms with E-state index in [4.69, 9.17) is 5.11 Å². The summed E-state index contributed by atoms with van der Waals surface area (Å²) in [6, 6.07) is 12.7. The molecule has 0 unspecified atom stereocenters. The molecule has 9 heteroatoms. The third-order valence-electron chi connectivity index (χ3n) is 5.01. The van der Waals surface area contributed by atoms with E-state index in [0.29, 0.717) is 5.56 Å². The van der Waals surface area contributed by atoms with E-state index in [0.717, 1.165) is 24.0 Å². The van der Waals surface area contributed by atoms with Gasteiger partial charge in [-0.2, -0.15) is 0 Å². The maximum atomic E-state index is 12.4. The van der Waals surface area contributed by atoms with Gasteiger partial charge in [-0.25, -0.2) is 0 Å². The Balaban J connectivity index is 2.18. The first kappa shape index (κ1) is 25.2. The number of likely N-dealkylation sites (N-methyl/N-ethyl adjacent to an activating group) is 1. The van der Waals surface area contributed by atoms with Crippen molar-refractivity contribution < 1.29 is 32.6 Å². The molecule has 2 aromatic rings. The van der Waals surface area contributed by atoms with Gasteiger partial charge in [0.1, 0.15) is 5.75 Å². The number of hydrogen-bond donors (Lipinski definition) is 3. The van der Waals surface area contributed by atoms with Gasteiger partial charge < -0.3 is 20.5 Å². The second kappa shape index (κ2) is 11.5. The minimum Gasteiger partial charge on any atom is -0.481 e. The minimum atomic E-state index is -4.74. The summed E-state index contributed by atoms with van der Waals surface area (Å²) >= 11 is 0. The van der Waals surface area contributed by atoms with Gasteiger partial charge in [0.25, 0.3) is 5.91 Å². The molecule has 0 saturated carbocycles. The third-order valence-corrected chi connectivity index (χ3v) is 5.01. The number of carboxylic acid groups (broad SMARTS) is 1. The van der Waals surface area contributed by atoms with Crippen LogP contribution in [0.3, 0.4) is 0 Å². The molecule has 0 aliphatic rings. The SMILES string of the molecule is CCC[C@@H](c1ccc(C(=O)NCCC(=O)O)cc1)[C@H](NC)c1ccc(OC(F)(F)F)cc1. The van der Waals surface area contributed by atoms with Gasteiger partial charge in [-0.05, 0) is 48.9 Å². The number of carboxylic acids is 1. The molecular formula is C23H27F3N2O4. The molecule has 3 N–H and O–H groups in total. The fourth-order valence-corrected chi connectivity index (χ4v) is 3.58. The number of alkyl halides is 3. The number of nitrogens with one attached hydrogen (secondary N) is 2. The number of benzene rings is 2. The molecule has 2 atom stereocenters. The molecule has 0 spiro atoms. The zero-order chi connectivity index (χ0) is 23.7. The Morgan fingerprint density at radius 1 is 1.03 bits per heavy atom. The summed E-state index contributed by atoms with van der Waals surface area (Å²) < 4.78 is 41.2. The lowest BCUT2D eigenvalue weighted by Gasteiger charge is -2.28. The number of halogens is 3. The normalized spacial score (nSPS) is 13.3. The molecule has 2 aromatic carbocycles. The van der Waals surface area contributed by atoms with E-state index < -0.39 is 12.3 Å². The van der Waals surface area contributed by atoms with Crippen molar-refractivity contribution in [2.45, 2.75) is 44.5 Å². The van der Waals surface area contributed by atoms with Gasteiger partial charge in [0.05, 0.1) is 6.42 Å². The Hall–Kier alpha value is -3.07. The van der Waals surface area contributed by atoms with E-state index in [1.807, 2.05) is 19.1 Å². The van der Waals surface area contributed by atoms with E-state index in [2.05, 4.69) is 15.4 Å². The average molecular weight is 452 g/mol. The van der Waals surface area contributed by atoms with E-state index in [-0.39, 0.29) is 36.6 Å². The zero-order valence-corrected chi connectivity index (χ0v) is 17.9.